The molecule has 3 nitrogen and oxygen atoms in total. The number of carbonyl (C=O) groups is 1. The smallest absolute Gasteiger partial charge is 0.253 e. The summed E-state index contributed by atoms with van der Waals surface area (Å²) in [5, 5.41) is 0. The molecule has 0 radical (unpaired) electrons. The lowest BCUT2D eigenvalue weighted by Crippen LogP contribution is -2.37. The number of likely N-dealkylation sites (N-methyl/N-ethyl adjacent to an activating group) is 2. The number of carbonyl (C=O) groups excluding carboxylic acids is 1. The summed E-state index contributed by atoms with van der Waals surface area (Å²) >= 11 is 0. The molecule has 1 aromatic rings. The van der Waals surface area contributed by atoms with Gasteiger partial charge in [0.2, 0.25) is 0 Å². The third-order valence-corrected chi connectivity index (χ3v) is 3.04. The minimum absolute atomic E-state index is 0.0859. The molecule has 0 bridgehead atoms. The number of amides is 1. The van der Waals surface area contributed by atoms with Crippen LogP contribution < -0.4 is 0 Å². The third-order valence-electron chi connectivity index (χ3n) is 3.04. The fourth-order valence-electron chi connectivity index (χ4n) is 1.47. The number of nitrogens with zero attached hydrogens (tertiary/aromatic N) is 2. The summed E-state index contributed by atoms with van der Waals surface area (Å²) < 4.78 is 0. The molecule has 0 fully saturated rings. The van der Waals surface area contributed by atoms with Crippen LogP contribution in [0.1, 0.15) is 24.2 Å². The Morgan fingerprint density at radius 3 is 2.24 bits per heavy atom. The topological polar surface area (TPSA) is 23.6 Å². The van der Waals surface area contributed by atoms with Crippen LogP contribution >= 0.6 is 0 Å². The number of hydrogen-bond acceptors (Lipinski definition) is 2. The van der Waals surface area contributed by atoms with Crippen molar-refractivity contribution in [2.24, 2.45) is 0 Å². The van der Waals surface area contributed by atoms with Crippen LogP contribution in [0.3, 0.4) is 0 Å². The van der Waals surface area contributed by atoms with Crippen molar-refractivity contribution < 1.29 is 4.79 Å². The molecule has 0 saturated heterocycles. The molecule has 0 aromatic heterocycles. The van der Waals surface area contributed by atoms with Gasteiger partial charge in [0, 0.05) is 31.7 Å². The number of benzene rings is 1. The summed E-state index contributed by atoms with van der Waals surface area (Å²) in [6, 6.07) is 9.91. The van der Waals surface area contributed by atoms with E-state index in [0.717, 1.165) is 18.7 Å². The highest BCUT2D eigenvalue weighted by Gasteiger charge is 2.12. The first-order valence-electron chi connectivity index (χ1n) is 6.03. The maximum Gasteiger partial charge on any atom is 0.253 e. The Balaban J connectivity index is 2.48. The molecule has 0 atom stereocenters. The van der Waals surface area contributed by atoms with Gasteiger partial charge in [0.1, 0.15) is 0 Å². The maximum absolute atomic E-state index is 12.0. The molecule has 1 aromatic carbocycles. The van der Waals surface area contributed by atoms with E-state index >= 15 is 0 Å². The highest BCUT2D eigenvalue weighted by atomic mass is 16.2. The zero-order valence-corrected chi connectivity index (χ0v) is 11.2. The molecule has 0 N–H and O–H groups in total. The Labute approximate surface area is 104 Å². The first kappa shape index (κ1) is 13.7. The average molecular weight is 234 g/mol. The average Bonchev–Trinajstić information content (AvgIpc) is 2.35. The second kappa shape index (κ2) is 6.40. The van der Waals surface area contributed by atoms with Gasteiger partial charge in [-0.25, -0.2) is 0 Å². The molecule has 3 heteroatoms. The third kappa shape index (κ3) is 4.19. The molecule has 0 spiro atoms. The Hall–Kier alpha value is -1.35. The van der Waals surface area contributed by atoms with Gasteiger partial charge in [0.25, 0.3) is 5.91 Å². The summed E-state index contributed by atoms with van der Waals surface area (Å²) in [5.41, 5.74) is 0.752. The highest BCUT2D eigenvalue weighted by molar-refractivity contribution is 5.93. The first-order valence-corrected chi connectivity index (χ1v) is 6.03. The molecule has 94 valence electrons. The Morgan fingerprint density at radius 1 is 1.12 bits per heavy atom. The number of rotatable bonds is 5. The lowest BCUT2D eigenvalue weighted by atomic mass is 10.2. The van der Waals surface area contributed by atoms with Gasteiger partial charge in [-0.3, -0.25) is 4.79 Å². The Bertz CT molecular complexity index is 348. The van der Waals surface area contributed by atoms with Crippen LogP contribution in [0.2, 0.25) is 0 Å². The SMILES string of the molecule is CC(C)N(C)CCN(C)C(=O)c1ccccc1. The van der Waals surface area contributed by atoms with E-state index in [1.807, 2.05) is 37.4 Å². The quantitative estimate of drug-likeness (QED) is 0.779. The van der Waals surface area contributed by atoms with Crippen molar-refractivity contribution >= 4 is 5.91 Å². The monoisotopic (exact) mass is 234 g/mol. The molecule has 1 rings (SSSR count). The molecule has 0 aliphatic rings. The standard InChI is InChI=1S/C14H22N2O/c1-12(2)15(3)10-11-16(4)14(17)13-8-6-5-7-9-13/h5-9,12H,10-11H2,1-4H3. The normalized spacial score (nSPS) is 10.9. The van der Waals surface area contributed by atoms with Crippen molar-refractivity contribution in [3.63, 3.8) is 0 Å². The van der Waals surface area contributed by atoms with Crippen LogP contribution in [0.5, 0.6) is 0 Å². The summed E-state index contributed by atoms with van der Waals surface area (Å²) in [7, 11) is 3.93. The summed E-state index contributed by atoms with van der Waals surface area (Å²) in [4.78, 5) is 16.0. The fourth-order valence-corrected chi connectivity index (χ4v) is 1.47. The molecular weight excluding hydrogens is 212 g/mol. The Kier molecular flexibility index (Phi) is 5.16. The Morgan fingerprint density at radius 2 is 1.71 bits per heavy atom. The summed E-state index contributed by atoms with van der Waals surface area (Å²) in [6.45, 7) is 5.95. The highest BCUT2D eigenvalue weighted by Crippen LogP contribution is 2.03. The molecule has 1 amide bonds. The van der Waals surface area contributed by atoms with Crippen molar-refractivity contribution in [3.8, 4) is 0 Å². The van der Waals surface area contributed by atoms with Crippen LogP contribution in [-0.2, 0) is 0 Å². The van der Waals surface area contributed by atoms with Gasteiger partial charge >= 0.3 is 0 Å². The van der Waals surface area contributed by atoms with Gasteiger partial charge in [-0.15, -0.1) is 0 Å². The predicted molar refractivity (Wildman–Crippen MR) is 71.2 cm³/mol. The molecule has 0 heterocycles. The van der Waals surface area contributed by atoms with Crippen LogP contribution in [0.15, 0.2) is 30.3 Å². The van der Waals surface area contributed by atoms with Crippen LogP contribution in [-0.4, -0.2) is 48.9 Å². The zero-order valence-electron chi connectivity index (χ0n) is 11.2. The molecule has 0 aliphatic heterocycles. The van der Waals surface area contributed by atoms with E-state index in [2.05, 4.69) is 25.8 Å². The van der Waals surface area contributed by atoms with Crippen LogP contribution in [0.25, 0.3) is 0 Å². The largest absolute Gasteiger partial charge is 0.340 e. The van der Waals surface area contributed by atoms with Gasteiger partial charge < -0.3 is 9.80 Å². The van der Waals surface area contributed by atoms with E-state index in [4.69, 9.17) is 0 Å². The van der Waals surface area contributed by atoms with E-state index in [1.54, 1.807) is 4.90 Å². The lowest BCUT2D eigenvalue weighted by molar-refractivity contribution is 0.0777. The molecule has 0 saturated carbocycles. The van der Waals surface area contributed by atoms with E-state index < -0.39 is 0 Å². The van der Waals surface area contributed by atoms with Gasteiger partial charge in [0.15, 0.2) is 0 Å². The van der Waals surface area contributed by atoms with E-state index in [1.165, 1.54) is 0 Å². The minimum Gasteiger partial charge on any atom is -0.340 e. The summed E-state index contributed by atoms with van der Waals surface area (Å²) in [5.74, 6) is 0.0859. The van der Waals surface area contributed by atoms with Crippen molar-refractivity contribution in [2.45, 2.75) is 19.9 Å². The fraction of sp³-hybridized carbons (Fsp3) is 0.500. The second-order valence-corrected chi connectivity index (χ2v) is 4.67. The second-order valence-electron chi connectivity index (χ2n) is 4.67. The van der Waals surface area contributed by atoms with Gasteiger partial charge in [-0.05, 0) is 33.0 Å². The zero-order chi connectivity index (χ0) is 12.8. The van der Waals surface area contributed by atoms with Gasteiger partial charge in [-0.2, -0.15) is 0 Å². The van der Waals surface area contributed by atoms with Crippen molar-refractivity contribution in [2.75, 3.05) is 27.2 Å². The van der Waals surface area contributed by atoms with Gasteiger partial charge in [0.05, 0.1) is 0 Å². The van der Waals surface area contributed by atoms with E-state index in [-0.39, 0.29) is 5.91 Å². The van der Waals surface area contributed by atoms with E-state index in [9.17, 15) is 4.79 Å². The molecular formula is C14H22N2O. The van der Waals surface area contributed by atoms with Crippen molar-refractivity contribution in [1.29, 1.82) is 0 Å². The number of hydrogen-bond donors (Lipinski definition) is 0. The van der Waals surface area contributed by atoms with Crippen molar-refractivity contribution in [1.82, 2.24) is 9.80 Å². The predicted octanol–water partition coefficient (Wildman–Crippen LogP) is 2.10. The first-order chi connectivity index (χ1) is 8.02. The lowest BCUT2D eigenvalue weighted by Gasteiger charge is -2.24. The minimum atomic E-state index is 0.0859. The molecule has 17 heavy (non-hydrogen) atoms. The van der Waals surface area contributed by atoms with Crippen LogP contribution in [0, 0.1) is 0 Å². The molecule has 0 aliphatic carbocycles. The van der Waals surface area contributed by atoms with E-state index in [0.29, 0.717) is 6.04 Å². The summed E-state index contributed by atoms with van der Waals surface area (Å²) in [6.07, 6.45) is 0. The molecule has 0 unspecified atom stereocenters. The van der Waals surface area contributed by atoms with Crippen LogP contribution in [0.4, 0.5) is 0 Å². The van der Waals surface area contributed by atoms with Crippen molar-refractivity contribution in [3.05, 3.63) is 35.9 Å². The van der Waals surface area contributed by atoms with Gasteiger partial charge in [-0.1, -0.05) is 18.2 Å². The maximum atomic E-state index is 12.0.